The number of benzene rings is 1. The van der Waals surface area contributed by atoms with Gasteiger partial charge in [0.1, 0.15) is 5.41 Å². The first-order valence-corrected chi connectivity index (χ1v) is 8.08. The zero-order valence-electron chi connectivity index (χ0n) is 12.5. The molecule has 1 saturated carbocycles. The van der Waals surface area contributed by atoms with Crippen molar-refractivity contribution in [2.45, 2.75) is 51.4 Å². The molecule has 0 radical (unpaired) electrons. The number of nitrogens with zero attached hydrogens (tertiary/aromatic N) is 2. The minimum atomic E-state index is -0.791. The lowest BCUT2D eigenvalue weighted by Crippen LogP contribution is -2.45. The SMILES string of the molecule is N#CC1(C(=O)N2CCCc3ccccc32)CCCCCC1. The van der Waals surface area contributed by atoms with E-state index in [9.17, 15) is 10.1 Å². The van der Waals surface area contributed by atoms with Crippen LogP contribution in [0.5, 0.6) is 0 Å². The highest BCUT2D eigenvalue weighted by Crippen LogP contribution is 2.39. The summed E-state index contributed by atoms with van der Waals surface area (Å²) in [5.41, 5.74) is 1.47. The summed E-state index contributed by atoms with van der Waals surface area (Å²) in [6.45, 7) is 0.749. The molecule has 0 unspecified atom stereocenters. The van der Waals surface area contributed by atoms with Crippen LogP contribution in [0.15, 0.2) is 24.3 Å². The van der Waals surface area contributed by atoms with Crippen molar-refractivity contribution in [3.8, 4) is 6.07 Å². The summed E-state index contributed by atoms with van der Waals surface area (Å²) < 4.78 is 0. The fraction of sp³-hybridized carbons (Fsp3) is 0.556. The van der Waals surface area contributed by atoms with Crippen LogP contribution in [0.3, 0.4) is 0 Å². The Bertz CT molecular complexity index is 565. The molecule has 1 aromatic rings. The standard InChI is InChI=1S/C18H22N2O/c19-14-18(11-5-1-2-6-12-18)17(21)20-13-7-9-15-8-3-4-10-16(15)20/h3-4,8,10H,1-2,5-7,9,11-13H2. The third-order valence-electron chi connectivity index (χ3n) is 4.94. The number of hydrogen-bond acceptors (Lipinski definition) is 2. The summed E-state index contributed by atoms with van der Waals surface area (Å²) in [7, 11) is 0. The van der Waals surface area contributed by atoms with E-state index in [-0.39, 0.29) is 5.91 Å². The van der Waals surface area contributed by atoms with Gasteiger partial charge in [0.2, 0.25) is 5.91 Å². The van der Waals surface area contributed by atoms with E-state index in [0.717, 1.165) is 63.6 Å². The molecule has 0 atom stereocenters. The fourth-order valence-electron chi connectivity index (χ4n) is 3.71. The van der Waals surface area contributed by atoms with E-state index in [2.05, 4.69) is 12.1 Å². The first-order chi connectivity index (χ1) is 10.3. The first-order valence-electron chi connectivity index (χ1n) is 8.08. The molecule has 1 aliphatic heterocycles. The van der Waals surface area contributed by atoms with Crippen LogP contribution in [0.1, 0.15) is 50.5 Å². The van der Waals surface area contributed by atoms with Crippen molar-refractivity contribution in [3.63, 3.8) is 0 Å². The van der Waals surface area contributed by atoms with Crippen LogP contribution in [0, 0.1) is 16.7 Å². The quantitative estimate of drug-likeness (QED) is 0.735. The maximum atomic E-state index is 13.1. The zero-order chi connectivity index (χ0) is 14.7. The van der Waals surface area contributed by atoms with E-state index in [1.54, 1.807) is 0 Å². The van der Waals surface area contributed by atoms with Gasteiger partial charge in [0.05, 0.1) is 6.07 Å². The molecule has 110 valence electrons. The highest BCUT2D eigenvalue weighted by atomic mass is 16.2. The zero-order valence-corrected chi connectivity index (χ0v) is 12.5. The Morgan fingerprint density at radius 3 is 2.52 bits per heavy atom. The third kappa shape index (κ3) is 2.55. The van der Waals surface area contributed by atoms with Crippen LogP contribution < -0.4 is 4.90 Å². The maximum absolute atomic E-state index is 13.1. The molecular formula is C18H22N2O. The van der Waals surface area contributed by atoms with Gasteiger partial charge < -0.3 is 4.90 Å². The number of aryl methyl sites for hydroxylation is 1. The fourth-order valence-corrected chi connectivity index (χ4v) is 3.71. The Morgan fingerprint density at radius 2 is 1.81 bits per heavy atom. The summed E-state index contributed by atoms with van der Waals surface area (Å²) in [4.78, 5) is 15.0. The van der Waals surface area contributed by atoms with E-state index in [1.165, 1.54) is 5.56 Å². The average Bonchev–Trinajstić information content (AvgIpc) is 2.80. The van der Waals surface area contributed by atoms with Crippen molar-refractivity contribution >= 4 is 11.6 Å². The molecule has 1 fully saturated rings. The van der Waals surface area contributed by atoms with Crippen LogP contribution >= 0.6 is 0 Å². The molecule has 0 N–H and O–H groups in total. The smallest absolute Gasteiger partial charge is 0.247 e. The summed E-state index contributed by atoms with van der Waals surface area (Å²) in [5.74, 6) is 0.0408. The summed E-state index contributed by atoms with van der Waals surface area (Å²) >= 11 is 0. The molecule has 1 amide bonds. The van der Waals surface area contributed by atoms with Gasteiger partial charge in [-0.25, -0.2) is 0 Å². The lowest BCUT2D eigenvalue weighted by molar-refractivity contribution is -0.126. The Hall–Kier alpha value is -1.82. The molecule has 1 aromatic carbocycles. The maximum Gasteiger partial charge on any atom is 0.247 e. The van der Waals surface area contributed by atoms with Crippen LogP contribution in [0.25, 0.3) is 0 Å². The van der Waals surface area contributed by atoms with Crippen LogP contribution in [-0.4, -0.2) is 12.5 Å². The van der Waals surface area contributed by atoms with E-state index in [4.69, 9.17) is 0 Å². The van der Waals surface area contributed by atoms with E-state index >= 15 is 0 Å². The van der Waals surface area contributed by atoms with Crippen LogP contribution in [-0.2, 0) is 11.2 Å². The van der Waals surface area contributed by atoms with E-state index < -0.39 is 5.41 Å². The Kier molecular flexibility index (Phi) is 3.96. The number of anilines is 1. The molecule has 21 heavy (non-hydrogen) atoms. The van der Waals surface area contributed by atoms with Crippen molar-refractivity contribution in [3.05, 3.63) is 29.8 Å². The lowest BCUT2D eigenvalue weighted by atomic mass is 9.79. The van der Waals surface area contributed by atoms with E-state index in [1.807, 2.05) is 23.1 Å². The molecule has 0 aromatic heterocycles. The predicted molar refractivity (Wildman–Crippen MR) is 82.9 cm³/mol. The number of carbonyl (C=O) groups is 1. The normalized spacial score (nSPS) is 21.0. The third-order valence-corrected chi connectivity index (χ3v) is 4.94. The number of carbonyl (C=O) groups excluding carboxylic acids is 1. The summed E-state index contributed by atoms with van der Waals surface area (Å²) in [5, 5.41) is 9.72. The predicted octanol–water partition coefficient (Wildman–Crippen LogP) is 3.83. The minimum absolute atomic E-state index is 0.0408. The van der Waals surface area contributed by atoms with Crippen molar-refractivity contribution in [2.24, 2.45) is 5.41 Å². The second-order valence-corrected chi connectivity index (χ2v) is 6.30. The molecular weight excluding hydrogens is 260 g/mol. The molecule has 1 aliphatic carbocycles. The Labute approximate surface area is 126 Å². The van der Waals surface area contributed by atoms with Gasteiger partial charge in [0, 0.05) is 12.2 Å². The van der Waals surface area contributed by atoms with Gasteiger partial charge >= 0.3 is 0 Å². The summed E-state index contributed by atoms with van der Waals surface area (Å²) in [6, 6.07) is 10.5. The second-order valence-electron chi connectivity index (χ2n) is 6.30. The molecule has 2 aliphatic rings. The van der Waals surface area contributed by atoms with Gasteiger partial charge in [0.15, 0.2) is 0 Å². The van der Waals surface area contributed by atoms with Gasteiger partial charge in [-0.15, -0.1) is 0 Å². The minimum Gasteiger partial charge on any atom is -0.311 e. The average molecular weight is 282 g/mol. The Morgan fingerprint density at radius 1 is 1.10 bits per heavy atom. The second kappa shape index (κ2) is 5.89. The Balaban J connectivity index is 1.93. The molecule has 0 saturated heterocycles. The first kappa shape index (κ1) is 14.1. The van der Waals surface area contributed by atoms with E-state index in [0.29, 0.717) is 0 Å². The van der Waals surface area contributed by atoms with Crippen LogP contribution in [0.4, 0.5) is 5.69 Å². The molecule has 3 nitrogen and oxygen atoms in total. The van der Waals surface area contributed by atoms with Gasteiger partial charge in [-0.05, 0) is 37.3 Å². The molecule has 1 heterocycles. The summed E-state index contributed by atoms with van der Waals surface area (Å²) in [6.07, 6.45) is 7.75. The monoisotopic (exact) mass is 282 g/mol. The number of hydrogen-bond donors (Lipinski definition) is 0. The van der Waals surface area contributed by atoms with Crippen molar-refractivity contribution in [1.29, 1.82) is 5.26 Å². The van der Waals surface area contributed by atoms with Gasteiger partial charge in [0.25, 0.3) is 0 Å². The highest BCUT2D eigenvalue weighted by molar-refractivity contribution is 6.00. The number of fused-ring (bicyclic) bond motifs is 1. The van der Waals surface area contributed by atoms with Crippen molar-refractivity contribution in [1.82, 2.24) is 0 Å². The number of para-hydroxylation sites is 1. The topological polar surface area (TPSA) is 44.1 Å². The highest BCUT2D eigenvalue weighted by Gasteiger charge is 2.42. The lowest BCUT2D eigenvalue weighted by Gasteiger charge is -2.35. The van der Waals surface area contributed by atoms with Gasteiger partial charge in [-0.2, -0.15) is 5.26 Å². The molecule has 0 bridgehead atoms. The van der Waals surface area contributed by atoms with Gasteiger partial charge in [-0.1, -0.05) is 43.9 Å². The largest absolute Gasteiger partial charge is 0.311 e. The molecule has 3 rings (SSSR count). The molecule has 0 spiro atoms. The van der Waals surface area contributed by atoms with Crippen molar-refractivity contribution < 1.29 is 4.79 Å². The van der Waals surface area contributed by atoms with Crippen molar-refractivity contribution in [2.75, 3.05) is 11.4 Å². The molecule has 3 heteroatoms. The van der Waals surface area contributed by atoms with Gasteiger partial charge in [-0.3, -0.25) is 4.79 Å². The number of rotatable bonds is 1. The number of nitriles is 1. The van der Waals surface area contributed by atoms with Crippen LogP contribution in [0.2, 0.25) is 0 Å². The number of amides is 1.